The quantitative estimate of drug-likeness (QED) is 0.320. The van der Waals surface area contributed by atoms with Crippen LogP contribution in [0.5, 0.6) is 0 Å². The van der Waals surface area contributed by atoms with E-state index >= 15 is 0 Å². The molecule has 6 heteroatoms. The van der Waals surface area contributed by atoms with Gasteiger partial charge in [0.05, 0.1) is 11.9 Å². The minimum atomic E-state index is -0.185. The van der Waals surface area contributed by atoms with Gasteiger partial charge < -0.3 is 5.32 Å². The second-order valence-corrected chi connectivity index (χ2v) is 8.49. The van der Waals surface area contributed by atoms with E-state index in [0.29, 0.717) is 22.8 Å². The number of amides is 1. The van der Waals surface area contributed by atoms with E-state index in [1.807, 2.05) is 66.7 Å². The highest BCUT2D eigenvalue weighted by Crippen LogP contribution is 2.27. The second-order valence-electron chi connectivity index (χ2n) is 8.05. The Kier molecular flexibility index (Phi) is 6.36. The van der Waals surface area contributed by atoms with E-state index in [0.717, 1.165) is 17.7 Å². The number of nitrogens with one attached hydrogen (secondary N) is 1. The topological polar surface area (TPSA) is 59.3 Å². The molecule has 5 nitrogen and oxygen atoms in total. The molecular weight excluding hydrogens is 444 g/mol. The molecule has 0 bridgehead atoms. The van der Waals surface area contributed by atoms with Crippen molar-refractivity contribution in [1.82, 2.24) is 19.9 Å². The summed E-state index contributed by atoms with van der Waals surface area (Å²) in [5, 5.41) is 8.17. The van der Waals surface area contributed by atoms with Crippen molar-refractivity contribution >= 4 is 23.2 Å². The molecule has 2 heterocycles. The lowest BCUT2D eigenvalue weighted by atomic mass is 9.88. The Morgan fingerprint density at radius 2 is 1.53 bits per heavy atom. The highest BCUT2D eigenvalue weighted by atomic mass is 35.5. The largest absolute Gasteiger partial charge is 0.352 e. The molecule has 0 spiro atoms. The first-order valence-electron chi connectivity index (χ1n) is 11.2. The molecule has 2 aromatic heterocycles. The summed E-state index contributed by atoms with van der Waals surface area (Å²) in [6.07, 6.45) is 4.05. The van der Waals surface area contributed by atoms with Crippen LogP contribution in [0, 0.1) is 0 Å². The third-order valence-electron chi connectivity index (χ3n) is 5.91. The van der Waals surface area contributed by atoms with Crippen LogP contribution < -0.4 is 5.32 Å². The van der Waals surface area contributed by atoms with Crippen molar-refractivity contribution in [3.05, 3.63) is 125 Å². The molecule has 3 aromatic carbocycles. The molecule has 1 N–H and O–H groups in total. The third-order valence-corrected chi connectivity index (χ3v) is 6.16. The smallest absolute Gasteiger partial charge is 0.256 e. The number of halogens is 1. The fourth-order valence-corrected chi connectivity index (χ4v) is 4.34. The normalized spacial score (nSPS) is 11.1. The van der Waals surface area contributed by atoms with Crippen LogP contribution in [0.3, 0.4) is 0 Å². The highest BCUT2D eigenvalue weighted by Gasteiger charge is 2.18. The predicted molar refractivity (Wildman–Crippen MR) is 135 cm³/mol. The minimum absolute atomic E-state index is 0.185. The molecule has 5 aromatic rings. The first kappa shape index (κ1) is 21.9. The number of rotatable bonds is 7. The van der Waals surface area contributed by atoms with Gasteiger partial charge in [0.25, 0.3) is 5.91 Å². The van der Waals surface area contributed by atoms with Crippen LogP contribution in [0.4, 0.5) is 0 Å². The average molecular weight is 467 g/mol. The van der Waals surface area contributed by atoms with E-state index in [-0.39, 0.29) is 11.8 Å². The molecule has 0 fully saturated rings. The maximum atomic E-state index is 13.0. The summed E-state index contributed by atoms with van der Waals surface area (Å²) in [4.78, 5) is 17.5. The molecule has 0 saturated carbocycles. The molecule has 0 radical (unpaired) electrons. The lowest BCUT2D eigenvalue weighted by molar-refractivity contribution is 0.0954. The summed E-state index contributed by atoms with van der Waals surface area (Å²) in [5.41, 5.74) is 5.22. The lowest BCUT2D eigenvalue weighted by Gasteiger charge is -2.18. The summed E-state index contributed by atoms with van der Waals surface area (Å²) in [5.74, 6) is 0.0110. The Bertz CT molecular complexity index is 1360. The van der Waals surface area contributed by atoms with Crippen LogP contribution in [-0.2, 0) is 0 Å². The Morgan fingerprint density at radius 3 is 2.18 bits per heavy atom. The monoisotopic (exact) mass is 466 g/mol. The van der Waals surface area contributed by atoms with Crippen molar-refractivity contribution in [2.24, 2.45) is 0 Å². The van der Waals surface area contributed by atoms with Gasteiger partial charge in [0.2, 0.25) is 0 Å². The average Bonchev–Trinajstić information content (AvgIpc) is 3.33. The van der Waals surface area contributed by atoms with Crippen LogP contribution in [-0.4, -0.2) is 27.0 Å². The Balaban J connectivity index is 1.34. The van der Waals surface area contributed by atoms with E-state index in [9.17, 15) is 4.79 Å². The summed E-state index contributed by atoms with van der Waals surface area (Å²) in [6.45, 7) is 0.529. The minimum Gasteiger partial charge on any atom is -0.352 e. The molecule has 0 saturated heterocycles. The van der Waals surface area contributed by atoms with Crippen LogP contribution in [0.15, 0.2) is 103 Å². The van der Waals surface area contributed by atoms with Crippen LogP contribution in [0.1, 0.15) is 33.8 Å². The summed E-state index contributed by atoms with van der Waals surface area (Å²) >= 11 is 6.02. The van der Waals surface area contributed by atoms with Crippen molar-refractivity contribution in [2.75, 3.05) is 6.54 Å². The van der Waals surface area contributed by atoms with Crippen LogP contribution >= 0.6 is 11.6 Å². The fourth-order valence-electron chi connectivity index (χ4n) is 4.21. The number of carbonyl (C=O) groups is 1. The van der Waals surface area contributed by atoms with Gasteiger partial charge in [-0.3, -0.25) is 4.79 Å². The summed E-state index contributed by atoms with van der Waals surface area (Å²) in [6, 6.07) is 30.1. The predicted octanol–water partition coefficient (Wildman–Crippen LogP) is 6.00. The van der Waals surface area contributed by atoms with Gasteiger partial charge >= 0.3 is 0 Å². The van der Waals surface area contributed by atoms with E-state index in [4.69, 9.17) is 11.6 Å². The number of benzene rings is 3. The SMILES string of the molecule is O=C(NCCC(c1ccccc1)c1ccccc1)c1cnn2c(-c3ccc(Cl)cc3)ccnc12. The number of hydrogen-bond donors (Lipinski definition) is 1. The maximum absolute atomic E-state index is 13.0. The van der Waals surface area contributed by atoms with E-state index in [1.54, 1.807) is 16.9 Å². The Labute approximate surface area is 203 Å². The Morgan fingerprint density at radius 1 is 0.882 bits per heavy atom. The zero-order valence-corrected chi connectivity index (χ0v) is 19.2. The van der Waals surface area contributed by atoms with Crippen LogP contribution in [0.25, 0.3) is 16.9 Å². The molecule has 5 rings (SSSR count). The zero-order chi connectivity index (χ0) is 23.3. The first-order chi connectivity index (χ1) is 16.7. The van der Waals surface area contributed by atoms with Gasteiger partial charge in [-0.2, -0.15) is 5.10 Å². The maximum Gasteiger partial charge on any atom is 0.256 e. The van der Waals surface area contributed by atoms with Gasteiger partial charge in [0.15, 0.2) is 5.65 Å². The molecule has 0 atom stereocenters. The molecular formula is C28H23ClN4O. The van der Waals surface area contributed by atoms with Crippen LogP contribution in [0.2, 0.25) is 5.02 Å². The summed E-state index contributed by atoms with van der Waals surface area (Å²) < 4.78 is 1.69. The number of nitrogens with zero attached hydrogens (tertiary/aromatic N) is 3. The van der Waals surface area contributed by atoms with E-state index in [1.165, 1.54) is 11.1 Å². The van der Waals surface area contributed by atoms with E-state index in [2.05, 4.69) is 39.7 Å². The lowest BCUT2D eigenvalue weighted by Crippen LogP contribution is -2.26. The number of aromatic nitrogens is 3. The zero-order valence-electron chi connectivity index (χ0n) is 18.4. The van der Waals surface area contributed by atoms with Crippen molar-refractivity contribution in [3.63, 3.8) is 0 Å². The molecule has 0 unspecified atom stereocenters. The van der Waals surface area contributed by atoms with Crippen molar-refractivity contribution in [1.29, 1.82) is 0 Å². The molecule has 1 amide bonds. The fraction of sp³-hybridized carbons (Fsp3) is 0.107. The summed E-state index contributed by atoms with van der Waals surface area (Å²) in [7, 11) is 0. The number of fused-ring (bicyclic) bond motifs is 1. The number of hydrogen-bond acceptors (Lipinski definition) is 3. The number of carbonyl (C=O) groups excluding carboxylic acids is 1. The van der Waals surface area contributed by atoms with Gasteiger partial charge in [0.1, 0.15) is 5.56 Å². The highest BCUT2D eigenvalue weighted by molar-refractivity contribution is 6.30. The van der Waals surface area contributed by atoms with Crippen molar-refractivity contribution in [3.8, 4) is 11.3 Å². The molecule has 34 heavy (non-hydrogen) atoms. The molecule has 168 valence electrons. The first-order valence-corrected chi connectivity index (χ1v) is 11.6. The standard InChI is InChI=1S/C28H23ClN4O/c29-23-13-11-22(12-14-23)26-16-18-30-27-25(19-32-33(26)27)28(34)31-17-15-24(20-7-3-1-4-8-20)21-9-5-2-6-10-21/h1-14,16,18-19,24H,15,17H2,(H,31,34). The molecule has 0 aliphatic heterocycles. The molecule has 0 aliphatic carbocycles. The van der Waals surface area contributed by atoms with Gasteiger partial charge in [-0.05, 0) is 35.7 Å². The van der Waals surface area contributed by atoms with Gasteiger partial charge in [-0.1, -0.05) is 84.4 Å². The Hall–Kier alpha value is -3.96. The molecule has 0 aliphatic rings. The third kappa shape index (κ3) is 4.56. The van der Waals surface area contributed by atoms with Crippen molar-refractivity contribution < 1.29 is 4.79 Å². The van der Waals surface area contributed by atoms with Gasteiger partial charge in [-0.25, -0.2) is 9.50 Å². The van der Waals surface area contributed by atoms with Crippen molar-refractivity contribution in [2.45, 2.75) is 12.3 Å². The second kappa shape index (κ2) is 9.89. The van der Waals surface area contributed by atoms with Gasteiger partial charge in [-0.15, -0.1) is 0 Å². The van der Waals surface area contributed by atoms with E-state index < -0.39 is 0 Å². The van der Waals surface area contributed by atoms with Gasteiger partial charge in [0, 0.05) is 29.2 Å².